The molecule has 17 heavy (non-hydrogen) atoms. The molecule has 1 fully saturated rings. The van der Waals surface area contributed by atoms with E-state index in [1.54, 1.807) is 6.07 Å². The van der Waals surface area contributed by atoms with Crippen LogP contribution in [0.1, 0.15) is 42.9 Å². The van der Waals surface area contributed by atoms with Gasteiger partial charge >= 0.3 is 0 Å². The Morgan fingerprint density at radius 2 is 2.00 bits per heavy atom. The van der Waals surface area contributed by atoms with Crippen molar-refractivity contribution in [2.75, 3.05) is 0 Å². The Morgan fingerprint density at radius 3 is 2.59 bits per heavy atom. The van der Waals surface area contributed by atoms with Gasteiger partial charge < -0.3 is 10.8 Å². The molecule has 94 valence electrons. The second-order valence-electron chi connectivity index (χ2n) is 5.09. The lowest BCUT2D eigenvalue weighted by molar-refractivity contribution is 0.0833. The van der Waals surface area contributed by atoms with Crippen LogP contribution >= 0.6 is 0 Å². The minimum Gasteiger partial charge on any atom is -0.391 e. The highest BCUT2D eigenvalue weighted by atomic mass is 19.1. The van der Waals surface area contributed by atoms with E-state index in [1.807, 2.05) is 13.0 Å². The van der Waals surface area contributed by atoms with Crippen LogP contribution < -0.4 is 5.73 Å². The first kappa shape index (κ1) is 12.5. The molecule has 2 atom stereocenters. The van der Waals surface area contributed by atoms with Gasteiger partial charge in [-0.05, 0) is 37.3 Å². The third kappa shape index (κ3) is 2.67. The van der Waals surface area contributed by atoms with Gasteiger partial charge in [0.2, 0.25) is 0 Å². The third-order valence-corrected chi connectivity index (χ3v) is 3.77. The molecule has 0 spiro atoms. The first-order valence-corrected chi connectivity index (χ1v) is 6.29. The molecule has 1 aromatic rings. The topological polar surface area (TPSA) is 46.2 Å². The average Bonchev–Trinajstić information content (AvgIpc) is 2.80. The quantitative estimate of drug-likeness (QED) is 0.849. The standard InChI is InChI=1S/C14H20FNO/c1-9-6-7-11(12(15)8-9)13(16)14(17)10-4-2-3-5-10/h6-8,10,13-14,17H,2-5,16H2,1H3/t13-,14+/m1/s1. The molecule has 0 unspecified atom stereocenters. The smallest absolute Gasteiger partial charge is 0.128 e. The van der Waals surface area contributed by atoms with Crippen LogP contribution in [0.3, 0.4) is 0 Å². The highest BCUT2D eigenvalue weighted by Crippen LogP contribution is 2.33. The van der Waals surface area contributed by atoms with Crippen molar-refractivity contribution < 1.29 is 9.50 Å². The molecule has 1 aromatic carbocycles. The number of benzene rings is 1. The zero-order chi connectivity index (χ0) is 12.4. The minimum atomic E-state index is -0.630. The van der Waals surface area contributed by atoms with Crippen molar-refractivity contribution in [3.8, 4) is 0 Å². The summed E-state index contributed by atoms with van der Waals surface area (Å²) in [4.78, 5) is 0. The van der Waals surface area contributed by atoms with Crippen LogP contribution in [0.25, 0.3) is 0 Å². The van der Waals surface area contributed by atoms with Gasteiger partial charge in [-0.2, -0.15) is 0 Å². The van der Waals surface area contributed by atoms with E-state index in [0.717, 1.165) is 31.2 Å². The van der Waals surface area contributed by atoms with Gasteiger partial charge in [-0.3, -0.25) is 0 Å². The molecule has 1 aliphatic carbocycles. The van der Waals surface area contributed by atoms with E-state index >= 15 is 0 Å². The molecule has 3 N–H and O–H groups in total. The zero-order valence-electron chi connectivity index (χ0n) is 10.2. The summed E-state index contributed by atoms with van der Waals surface area (Å²) in [6.07, 6.45) is 3.66. The van der Waals surface area contributed by atoms with Crippen molar-refractivity contribution in [3.63, 3.8) is 0 Å². The predicted octanol–water partition coefficient (Wildman–Crippen LogP) is 2.69. The van der Waals surface area contributed by atoms with Crippen LogP contribution in [-0.2, 0) is 0 Å². The van der Waals surface area contributed by atoms with Gasteiger partial charge in [0.25, 0.3) is 0 Å². The summed E-state index contributed by atoms with van der Waals surface area (Å²) >= 11 is 0. The SMILES string of the molecule is Cc1ccc([C@@H](N)[C@@H](O)C2CCCC2)c(F)c1. The monoisotopic (exact) mass is 237 g/mol. The van der Waals surface area contributed by atoms with E-state index in [-0.39, 0.29) is 11.7 Å². The molecule has 2 rings (SSSR count). The number of hydrogen-bond donors (Lipinski definition) is 2. The Morgan fingerprint density at radius 1 is 1.35 bits per heavy atom. The maximum atomic E-state index is 13.8. The van der Waals surface area contributed by atoms with E-state index in [0.29, 0.717) is 5.56 Å². The summed E-state index contributed by atoms with van der Waals surface area (Å²) in [5, 5.41) is 10.2. The van der Waals surface area contributed by atoms with Crippen molar-refractivity contribution in [2.45, 2.75) is 44.8 Å². The fraction of sp³-hybridized carbons (Fsp3) is 0.571. The van der Waals surface area contributed by atoms with E-state index in [2.05, 4.69) is 0 Å². The first-order chi connectivity index (χ1) is 8.09. The van der Waals surface area contributed by atoms with Crippen molar-refractivity contribution in [3.05, 3.63) is 35.1 Å². The Hall–Kier alpha value is -0.930. The Bertz CT molecular complexity index is 388. The Labute approximate surface area is 102 Å². The zero-order valence-corrected chi connectivity index (χ0v) is 10.2. The molecule has 1 aliphatic rings. The van der Waals surface area contributed by atoms with Gasteiger partial charge in [0.1, 0.15) is 5.82 Å². The van der Waals surface area contributed by atoms with Crippen LogP contribution in [0.4, 0.5) is 4.39 Å². The van der Waals surface area contributed by atoms with Crippen molar-refractivity contribution in [1.29, 1.82) is 0 Å². The number of hydrogen-bond acceptors (Lipinski definition) is 2. The number of aliphatic hydroxyl groups excluding tert-OH is 1. The van der Waals surface area contributed by atoms with Crippen LogP contribution in [0.15, 0.2) is 18.2 Å². The Balaban J connectivity index is 2.15. The molecule has 0 amide bonds. The van der Waals surface area contributed by atoms with E-state index in [4.69, 9.17) is 5.73 Å². The molecule has 0 aliphatic heterocycles. The second kappa shape index (κ2) is 5.15. The number of nitrogens with two attached hydrogens (primary N) is 1. The fourth-order valence-corrected chi connectivity index (χ4v) is 2.68. The van der Waals surface area contributed by atoms with Gasteiger partial charge in [-0.15, -0.1) is 0 Å². The van der Waals surface area contributed by atoms with Crippen LogP contribution in [-0.4, -0.2) is 11.2 Å². The molecular formula is C14H20FNO. The number of aryl methyl sites for hydroxylation is 1. The van der Waals surface area contributed by atoms with E-state index in [1.165, 1.54) is 6.07 Å². The summed E-state index contributed by atoms with van der Waals surface area (Å²) in [6.45, 7) is 1.84. The summed E-state index contributed by atoms with van der Waals surface area (Å²) in [6, 6.07) is 4.38. The molecule has 0 heterocycles. The van der Waals surface area contributed by atoms with Crippen LogP contribution in [0, 0.1) is 18.7 Å². The molecule has 0 saturated heterocycles. The van der Waals surface area contributed by atoms with E-state index < -0.39 is 12.1 Å². The predicted molar refractivity (Wildman–Crippen MR) is 66.0 cm³/mol. The number of halogens is 1. The van der Waals surface area contributed by atoms with Gasteiger partial charge in [0.05, 0.1) is 12.1 Å². The van der Waals surface area contributed by atoms with Gasteiger partial charge in [-0.1, -0.05) is 25.0 Å². The average molecular weight is 237 g/mol. The third-order valence-electron chi connectivity index (χ3n) is 3.77. The molecular weight excluding hydrogens is 217 g/mol. The lowest BCUT2D eigenvalue weighted by atomic mass is 9.90. The maximum Gasteiger partial charge on any atom is 0.128 e. The van der Waals surface area contributed by atoms with Crippen molar-refractivity contribution >= 4 is 0 Å². The summed E-state index contributed by atoms with van der Waals surface area (Å²) in [5.41, 5.74) is 7.27. The molecule has 1 saturated carbocycles. The van der Waals surface area contributed by atoms with Crippen molar-refractivity contribution in [2.24, 2.45) is 11.7 Å². The Kier molecular flexibility index (Phi) is 3.79. The highest BCUT2D eigenvalue weighted by Gasteiger charge is 2.29. The fourth-order valence-electron chi connectivity index (χ4n) is 2.68. The lowest BCUT2D eigenvalue weighted by Gasteiger charge is -2.25. The second-order valence-corrected chi connectivity index (χ2v) is 5.09. The molecule has 0 radical (unpaired) electrons. The first-order valence-electron chi connectivity index (χ1n) is 6.29. The van der Waals surface area contributed by atoms with Crippen LogP contribution in [0.5, 0.6) is 0 Å². The summed E-state index contributed by atoms with van der Waals surface area (Å²) in [5.74, 6) is -0.0831. The number of rotatable bonds is 3. The van der Waals surface area contributed by atoms with Gasteiger partial charge in [-0.25, -0.2) is 4.39 Å². The molecule has 0 bridgehead atoms. The van der Waals surface area contributed by atoms with Crippen molar-refractivity contribution in [1.82, 2.24) is 0 Å². The molecule has 3 heteroatoms. The highest BCUT2D eigenvalue weighted by molar-refractivity contribution is 5.26. The normalized spacial score (nSPS) is 20.5. The summed E-state index contributed by atoms with van der Waals surface area (Å²) < 4.78 is 13.8. The number of aliphatic hydroxyl groups is 1. The van der Waals surface area contributed by atoms with E-state index in [9.17, 15) is 9.50 Å². The minimum absolute atomic E-state index is 0.228. The maximum absolute atomic E-state index is 13.8. The molecule has 2 nitrogen and oxygen atoms in total. The molecule has 0 aromatic heterocycles. The lowest BCUT2D eigenvalue weighted by Crippen LogP contribution is -2.32. The van der Waals surface area contributed by atoms with Gasteiger partial charge in [0.15, 0.2) is 0 Å². The van der Waals surface area contributed by atoms with Crippen LogP contribution in [0.2, 0.25) is 0 Å². The largest absolute Gasteiger partial charge is 0.391 e. The van der Waals surface area contributed by atoms with Gasteiger partial charge in [0, 0.05) is 5.56 Å². The summed E-state index contributed by atoms with van der Waals surface area (Å²) in [7, 11) is 0.